The first-order valence-corrected chi connectivity index (χ1v) is 12.5. The van der Waals surface area contributed by atoms with Crippen LogP contribution in [0, 0.1) is 23.5 Å². The molecule has 0 N–H and O–H groups in total. The van der Waals surface area contributed by atoms with Crippen LogP contribution in [0.2, 0.25) is 0 Å². The maximum absolute atomic E-state index is 14.7. The summed E-state index contributed by atoms with van der Waals surface area (Å²) >= 11 is 0. The van der Waals surface area contributed by atoms with E-state index in [4.69, 9.17) is 4.74 Å². The van der Waals surface area contributed by atoms with Crippen LogP contribution in [0.3, 0.4) is 0 Å². The summed E-state index contributed by atoms with van der Waals surface area (Å²) in [6.07, 6.45) is 19.2. The Labute approximate surface area is 188 Å². The number of hydrogen-bond acceptors (Lipinski definition) is 1. The predicted octanol–water partition coefficient (Wildman–Crippen LogP) is 8.42. The zero-order valence-corrected chi connectivity index (χ0v) is 19.5. The van der Waals surface area contributed by atoms with Gasteiger partial charge >= 0.3 is 0 Å². The van der Waals surface area contributed by atoms with E-state index in [9.17, 15) is 8.78 Å². The summed E-state index contributed by atoms with van der Waals surface area (Å²) in [5.74, 6) is 0.0982. The number of aryl methyl sites for hydroxylation is 1. The number of allylic oxidation sites excluding steroid dienone is 3. The van der Waals surface area contributed by atoms with Crippen molar-refractivity contribution in [2.45, 2.75) is 97.0 Å². The van der Waals surface area contributed by atoms with Crippen molar-refractivity contribution < 1.29 is 13.5 Å². The Morgan fingerprint density at radius 3 is 2.48 bits per heavy atom. The van der Waals surface area contributed by atoms with Gasteiger partial charge in [0.25, 0.3) is 0 Å². The zero-order valence-electron chi connectivity index (χ0n) is 19.5. The molecule has 1 aromatic carbocycles. The Kier molecular flexibility index (Phi) is 9.77. The summed E-state index contributed by atoms with van der Waals surface area (Å²) < 4.78 is 35.5. The summed E-state index contributed by atoms with van der Waals surface area (Å²) in [7, 11) is 0. The number of halogens is 2. The molecule has 1 saturated carbocycles. The standard InChI is InChI=1S/C28H40F2O/c1-3-5-6-7-9-24-16-19-26(28(30)27(24)29)23-14-17-25(18-15-23)31-20-22-12-10-21(8-4-2)11-13-22/h4,8,14,16,19,21-22,25H,3,5-7,9-13,15,17-18,20H2,1-2H3. The molecule has 0 amide bonds. The molecule has 0 aromatic heterocycles. The van der Waals surface area contributed by atoms with Gasteiger partial charge in [0.1, 0.15) is 0 Å². The van der Waals surface area contributed by atoms with Crippen molar-refractivity contribution in [1.29, 1.82) is 0 Å². The van der Waals surface area contributed by atoms with Gasteiger partial charge in [-0.1, -0.05) is 56.5 Å². The van der Waals surface area contributed by atoms with E-state index >= 15 is 0 Å². The van der Waals surface area contributed by atoms with Gasteiger partial charge in [-0.05, 0) is 87.7 Å². The van der Waals surface area contributed by atoms with Crippen molar-refractivity contribution >= 4 is 5.57 Å². The molecule has 0 aliphatic heterocycles. The first-order chi connectivity index (χ1) is 15.1. The molecule has 1 aromatic rings. The molecule has 2 aliphatic rings. The average Bonchev–Trinajstić information content (AvgIpc) is 2.80. The number of rotatable bonds is 10. The van der Waals surface area contributed by atoms with Gasteiger partial charge in [0.05, 0.1) is 6.10 Å². The van der Waals surface area contributed by atoms with E-state index < -0.39 is 11.6 Å². The Morgan fingerprint density at radius 2 is 1.81 bits per heavy atom. The Morgan fingerprint density at radius 1 is 1.00 bits per heavy atom. The lowest BCUT2D eigenvalue weighted by Crippen LogP contribution is -2.23. The van der Waals surface area contributed by atoms with Gasteiger partial charge in [-0.3, -0.25) is 0 Å². The van der Waals surface area contributed by atoms with Crippen LogP contribution in [0.15, 0.2) is 30.4 Å². The number of unbranched alkanes of at least 4 members (excludes halogenated alkanes) is 3. The fraction of sp³-hybridized carbons (Fsp3) is 0.643. The van der Waals surface area contributed by atoms with Gasteiger partial charge in [0, 0.05) is 12.2 Å². The highest BCUT2D eigenvalue weighted by Gasteiger charge is 2.23. The van der Waals surface area contributed by atoms with Crippen molar-refractivity contribution in [2.75, 3.05) is 6.61 Å². The van der Waals surface area contributed by atoms with Crippen molar-refractivity contribution in [3.63, 3.8) is 0 Å². The maximum atomic E-state index is 14.7. The summed E-state index contributed by atoms with van der Waals surface area (Å²) in [6, 6.07) is 3.57. The average molecular weight is 431 g/mol. The van der Waals surface area contributed by atoms with E-state index in [1.807, 2.05) is 0 Å². The number of ether oxygens (including phenoxy) is 1. The predicted molar refractivity (Wildman–Crippen MR) is 126 cm³/mol. The second-order valence-corrected chi connectivity index (χ2v) is 9.48. The van der Waals surface area contributed by atoms with Gasteiger partial charge in [-0.25, -0.2) is 8.78 Å². The van der Waals surface area contributed by atoms with E-state index in [1.54, 1.807) is 12.1 Å². The molecule has 0 heterocycles. The van der Waals surface area contributed by atoms with Crippen LogP contribution in [0.25, 0.3) is 5.57 Å². The topological polar surface area (TPSA) is 9.23 Å². The molecule has 1 nitrogen and oxygen atoms in total. The van der Waals surface area contributed by atoms with E-state index in [0.29, 0.717) is 23.5 Å². The second-order valence-electron chi connectivity index (χ2n) is 9.48. The normalized spacial score (nSPS) is 24.5. The quantitative estimate of drug-likeness (QED) is 0.267. The maximum Gasteiger partial charge on any atom is 0.166 e. The van der Waals surface area contributed by atoms with Crippen LogP contribution >= 0.6 is 0 Å². The second kappa shape index (κ2) is 12.5. The molecule has 3 rings (SSSR count). The lowest BCUT2D eigenvalue weighted by Gasteiger charge is -2.29. The first kappa shape index (κ1) is 24.2. The fourth-order valence-corrected chi connectivity index (χ4v) is 5.07. The van der Waals surface area contributed by atoms with Crippen LogP contribution in [0.5, 0.6) is 0 Å². The van der Waals surface area contributed by atoms with E-state index in [0.717, 1.165) is 63.0 Å². The molecule has 1 fully saturated rings. The molecule has 1 unspecified atom stereocenters. The van der Waals surface area contributed by atoms with Crippen LogP contribution < -0.4 is 0 Å². The molecule has 31 heavy (non-hydrogen) atoms. The van der Waals surface area contributed by atoms with Crippen LogP contribution in [0.1, 0.15) is 95.6 Å². The molecule has 2 aliphatic carbocycles. The smallest absolute Gasteiger partial charge is 0.166 e. The number of hydrogen-bond donors (Lipinski definition) is 0. The molecule has 1 atom stereocenters. The van der Waals surface area contributed by atoms with Gasteiger partial charge in [0.15, 0.2) is 11.6 Å². The van der Waals surface area contributed by atoms with Gasteiger partial charge < -0.3 is 4.74 Å². The summed E-state index contributed by atoms with van der Waals surface area (Å²) in [6.45, 7) is 5.09. The third-order valence-corrected chi connectivity index (χ3v) is 7.09. The monoisotopic (exact) mass is 430 g/mol. The minimum absolute atomic E-state index is 0.211. The van der Waals surface area contributed by atoms with E-state index in [2.05, 4.69) is 32.1 Å². The number of benzene rings is 1. The fourth-order valence-electron chi connectivity index (χ4n) is 5.07. The lowest BCUT2D eigenvalue weighted by molar-refractivity contribution is 0.0149. The summed E-state index contributed by atoms with van der Waals surface area (Å²) in [4.78, 5) is 0. The largest absolute Gasteiger partial charge is 0.378 e. The zero-order chi connectivity index (χ0) is 22.1. The highest BCUT2D eigenvalue weighted by molar-refractivity contribution is 5.67. The van der Waals surface area contributed by atoms with Crippen molar-refractivity contribution in [3.8, 4) is 0 Å². The molecule has 0 bridgehead atoms. The Balaban J connectivity index is 1.48. The highest BCUT2D eigenvalue weighted by atomic mass is 19.2. The summed E-state index contributed by atoms with van der Waals surface area (Å²) in [5, 5.41) is 0. The Bertz CT molecular complexity index is 744. The first-order valence-electron chi connectivity index (χ1n) is 12.5. The third-order valence-electron chi connectivity index (χ3n) is 7.09. The van der Waals surface area contributed by atoms with Crippen molar-refractivity contribution in [1.82, 2.24) is 0 Å². The van der Waals surface area contributed by atoms with Crippen LogP contribution in [0.4, 0.5) is 8.78 Å². The molecule has 3 heteroatoms. The third kappa shape index (κ3) is 7.00. The van der Waals surface area contributed by atoms with E-state index in [-0.39, 0.29) is 6.10 Å². The molecule has 0 radical (unpaired) electrons. The van der Waals surface area contributed by atoms with Crippen LogP contribution in [-0.2, 0) is 11.2 Å². The summed E-state index contributed by atoms with van der Waals surface area (Å²) in [5.41, 5.74) is 1.88. The van der Waals surface area contributed by atoms with Crippen molar-refractivity contribution in [2.24, 2.45) is 11.8 Å². The minimum Gasteiger partial charge on any atom is -0.378 e. The van der Waals surface area contributed by atoms with Crippen molar-refractivity contribution in [3.05, 3.63) is 53.1 Å². The van der Waals surface area contributed by atoms with Gasteiger partial charge in [-0.2, -0.15) is 0 Å². The molecule has 172 valence electrons. The SMILES string of the molecule is CC=CC1CCC(COC2CC=C(c3ccc(CCCCCC)c(F)c3F)CC2)CC1. The lowest BCUT2D eigenvalue weighted by atomic mass is 9.82. The highest BCUT2D eigenvalue weighted by Crippen LogP contribution is 2.34. The van der Waals surface area contributed by atoms with Gasteiger partial charge in [0.2, 0.25) is 0 Å². The molecule has 0 saturated heterocycles. The molecular weight excluding hydrogens is 390 g/mol. The minimum atomic E-state index is -0.670. The van der Waals surface area contributed by atoms with Crippen LogP contribution in [-0.4, -0.2) is 12.7 Å². The van der Waals surface area contributed by atoms with E-state index in [1.165, 1.54) is 25.7 Å². The Hall–Kier alpha value is -1.48. The molecular formula is C28H40F2O. The van der Waals surface area contributed by atoms with Gasteiger partial charge in [-0.15, -0.1) is 0 Å². The molecule has 0 spiro atoms.